The van der Waals surface area contributed by atoms with Gasteiger partial charge in [-0.15, -0.1) is 0 Å². The summed E-state index contributed by atoms with van der Waals surface area (Å²) in [6.07, 6.45) is 2.32. The van der Waals surface area contributed by atoms with Gasteiger partial charge in [-0.3, -0.25) is 0 Å². The van der Waals surface area contributed by atoms with Crippen molar-refractivity contribution in [2.45, 2.75) is 45.4 Å². The summed E-state index contributed by atoms with van der Waals surface area (Å²) in [4.78, 5) is 9.48. The maximum absolute atomic E-state index is 6.12. The zero-order valence-corrected chi connectivity index (χ0v) is 15.8. The number of fused-ring (bicyclic) bond motifs is 1. The lowest BCUT2D eigenvalue weighted by molar-refractivity contribution is 0.477. The minimum atomic E-state index is 0.231. The van der Waals surface area contributed by atoms with Crippen molar-refractivity contribution in [2.24, 2.45) is 0 Å². The van der Waals surface area contributed by atoms with Crippen LogP contribution in [0.15, 0.2) is 46.9 Å². The SMILES string of the molecule is Cc1nc(C(C)C)oc1-c1nc(C2CC2)nn1-c1cccc2ccccc12. The minimum Gasteiger partial charge on any atom is -0.437 e. The lowest BCUT2D eigenvalue weighted by atomic mass is 10.1. The van der Waals surface area contributed by atoms with Crippen LogP contribution >= 0.6 is 0 Å². The van der Waals surface area contributed by atoms with Crippen molar-refractivity contribution in [3.8, 4) is 17.3 Å². The standard InChI is InChI=1S/C22H22N4O/c1-13(2)22-23-14(3)19(27-22)21-24-20(16-11-12-16)25-26(21)18-10-6-8-15-7-4-5-9-17(15)18/h4-10,13,16H,11-12H2,1-3H3. The first-order valence-electron chi connectivity index (χ1n) is 9.54. The van der Waals surface area contributed by atoms with Gasteiger partial charge in [0.15, 0.2) is 17.5 Å². The molecule has 0 atom stereocenters. The number of oxazole rings is 1. The van der Waals surface area contributed by atoms with Crippen LogP contribution in [0.25, 0.3) is 28.0 Å². The van der Waals surface area contributed by atoms with Gasteiger partial charge in [0.1, 0.15) is 0 Å². The van der Waals surface area contributed by atoms with E-state index in [2.05, 4.69) is 61.3 Å². The summed E-state index contributed by atoms with van der Waals surface area (Å²) in [5, 5.41) is 7.21. The van der Waals surface area contributed by atoms with Crippen LogP contribution < -0.4 is 0 Å². The Balaban J connectivity index is 1.75. The van der Waals surface area contributed by atoms with Crippen LogP contribution in [0.4, 0.5) is 0 Å². The lowest BCUT2D eigenvalue weighted by Gasteiger charge is -2.08. The molecule has 27 heavy (non-hydrogen) atoms. The molecule has 5 heteroatoms. The zero-order valence-electron chi connectivity index (χ0n) is 15.8. The number of hydrogen-bond acceptors (Lipinski definition) is 4. The van der Waals surface area contributed by atoms with Crippen molar-refractivity contribution < 1.29 is 4.42 Å². The van der Waals surface area contributed by atoms with Crippen molar-refractivity contribution in [2.75, 3.05) is 0 Å². The van der Waals surface area contributed by atoms with Crippen LogP contribution in [0.2, 0.25) is 0 Å². The molecule has 2 aromatic heterocycles. The average molecular weight is 358 g/mol. The molecule has 5 nitrogen and oxygen atoms in total. The third kappa shape index (κ3) is 2.74. The van der Waals surface area contributed by atoms with E-state index >= 15 is 0 Å². The minimum absolute atomic E-state index is 0.231. The number of rotatable bonds is 4. The van der Waals surface area contributed by atoms with Crippen molar-refractivity contribution in [1.29, 1.82) is 0 Å². The Morgan fingerprint density at radius 2 is 1.81 bits per heavy atom. The first kappa shape index (κ1) is 16.2. The zero-order chi connectivity index (χ0) is 18.5. The summed E-state index contributed by atoms with van der Waals surface area (Å²) in [7, 11) is 0. The van der Waals surface area contributed by atoms with Crippen LogP contribution in [-0.2, 0) is 0 Å². The molecule has 1 aliphatic carbocycles. The molecular formula is C22H22N4O. The average Bonchev–Trinajstić information content (AvgIpc) is 3.31. The molecule has 1 saturated carbocycles. The predicted molar refractivity (Wildman–Crippen MR) is 105 cm³/mol. The normalized spacial score (nSPS) is 14.4. The van der Waals surface area contributed by atoms with E-state index in [1.807, 2.05) is 11.6 Å². The number of hydrogen-bond donors (Lipinski definition) is 0. The molecule has 2 heterocycles. The maximum atomic E-state index is 6.12. The van der Waals surface area contributed by atoms with Crippen LogP contribution in [0.1, 0.15) is 55.9 Å². The molecule has 1 fully saturated rings. The van der Waals surface area contributed by atoms with Crippen molar-refractivity contribution >= 4 is 10.8 Å². The van der Waals surface area contributed by atoms with Gasteiger partial charge >= 0.3 is 0 Å². The summed E-state index contributed by atoms with van der Waals surface area (Å²) >= 11 is 0. The van der Waals surface area contributed by atoms with Crippen LogP contribution in [-0.4, -0.2) is 19.7 Å². The lowest BCUT2D eigenvalue weighted by Crippen LogP contribution is -2.01. The highest BCUT2D eigenvalue weighted by Gasteiger charge is 2.31. The van der Waals surface area contributed by atoms with E-state index in [0.29, 0.717) is 11.7 Å². The predicted octanol–water partition coefficient (Wildman–Crippen LogP) is 5.38. The van der Waals surface area contributed by atoms with Crippen molar-refractivity contribution in [3.05, 3.63) is 59.9 Å². The van der Waals surface area contributed by atoms with Gasteiger partial charge in [0.2, 0.25) is 5.82 Å². The second-order valence-electron chi connectivity index (χ2n) is 7.60. The quantitative estimate of drug-likeness (QED) is 0.491. The molecular weight excluding hydrogens is 336 g/mol. The monoisotopic (exact) mass is 358 g/mol. The van der Waals surface area contributed by atoms with Gasteiger partial charge in [-0.25, -0.2) is 14.6 Å². The number of aryl methyl sites for hydroxylation is 1. The van der Waals surface area contributed by atoms with Gasteiger partial charge < -0.3 is 4.42 Å². The number of nitrogens with zero attached hydrogens (tertiary/aromatic N) is 4. The molecule has 1 aliphatic rings. The van der Waals surface area contributed by atoms with Gasteiger partial charge in [-0.2, -0.15) is 5.10 Å². The Labute approximate surface area is 158 Å². The number of aromatic nitrogens is 4. The Hall–Kier alpha value is -2.95. The van der Waals surface area contributed by atoms with Gasteiger partial charge in [0.05, 0.1) is 11.4 Å². The van der Waals surface area contributed by atoms with Gasteiger partial charge in [0.25, 0.3) is 0 Å². The summed E-state index contributed by atoms with van der Waals surface area (Å²) in [6, 6.07) is 14.6. The summed E-state index contributed by atoms with van der Waals surface area (Å²) in [5.74, 6) is 3.79. The Bertz CT molecular complexity index is 1130. The van der Waals surface area contributed by atoms with E-state index in [1.165, 1.54) is 5.39 Å². The third-order valence-electron chi connectivity index (χ3n) is 5.07. The third-order valence-corrected chi connectivity index (χ3v) is 5.07. The molecule has 0 radical (unpaired) electrons. The molecule has 2 aromatic carbocycles. The van der Waals surface area contributed by atoms with Crippen LogP contribution in [0.5, 0.6) is 0 Å². The smallest absolute Gasteiger partial charge is 0.201 e. The topological polar surface area (TPSA) is 56.7 Å². The molecule has 136 valence electrons. The van der Waals surface area contributed by atoms with E-state index in [4.69, 9.17) is 14.5 Å². The highest BCUT2D eigenvalue weighted by Crippen LogP contribution is 2.40. The fourth-order valence-electron chi connectivity index (χ4n) is 3.42. The van der Waals surface area contributed by atoms with E-state index in [0.717, 1.165) is 47.1 Å². The maximum Gasteiger partial charge on any atom is 0.201 e. The van der Waals surface area contributed by atoms with Crippen LogP contribution in [0, 0.1) is 6.92 Å². The Morgan fingerprint density at radius 3 is 2.56 bits per heavy atom. The van der Waals surface area contributed by atoms with Crippen molar-refractivity contribution in [3.63, 3.8) is 0 Å². The Morgan fingerprint density at radius 1 is 1.04 bits per heavy atom. The molecule has 0 spiro atoms. The first-order valence-corrected chi connectivity index (χ1v) is 9.54. The molecule has 0 amide bonds. The van der Waals surface area contributed by atoms with Crippen LogP contribution in [0.3, 0.4) is 0 Å². The molecule has 0 N–H and O–H groups in total. The summed E-state index contributed by atoms with van der Waals surface area (Å²) in [5.41, 5.74) is 1.87. The highest BCUT2D eigenvalue weighted by atomic mass is 16.4. The fourth-order valence-corrected chi connectivity index (χ4v) is 3.42. The number of benzene rings is 2. The first-order chi connectivity index (χ1) is 13.1. The van der Waals surface area contributed by atoms with Crippen molar-refractivity contribution in [1.82, 2.24) is 19.7 Å². The van der Waals surface area contributed by atoms with Gasteiger partial charge in [-0.1, -0.05) is 50.2 Å². The second kappa shape index (κ2) is 6.05. The molecule has 0 aliphatic heterocycles. The second-order valence-corrected chi connectivity index (χ2v) is 7.60. The largest absolute Gasteiger partial charge is 0.437 e. The molecule has 4 aromatic rings. The highest BCUT2D eigenvalue weighted by molar-refractivity contribution is 5.90. The molecule has 5 rings (SSSR count). The fraction of sp³-hybridized carbons (Fsp3) is 0.318. The summed E-state index contributed by atoms with van der Waals surface area (Å²) in [6.45, 7) is 6.14. The van der Waals surface area contributed by atoms with E-state index in [9.17, 15) is 0 Å². The summed E-state index contributed by atoms with van der Waals surface area (Å²) < 4.78 is 8.05. The van der Waals surface area contributed by atoms with E-state index < -0.39 is 0 Å². The van der Waals surface area contributed by atoms with E-state index in [1.54, 1.807) is 0 Å². The molecule has 0 saturated heterocycles. The Kier molecular flexibility index (Phi) is 3.64. The van der Waals surface area contributed by atoms with E-state index in [-0.39, 0.29) is 5.92 Å². The molecule has 0 unspecified atom stereocenters. The van der Waals surface area contributed by atoms with Gasteiger partial charge in [0, 0.05) is 17.2 Å². The molecule has 0 bridgehead atoms. The van der Waals surface area contributed by atoms with Gasteiger partial charge in [-0.05, 0) is 31.2 Å².